The van der Waals surface area contributed by atoms with Crippen LogP contribution in [0.4, 0.5) is 0 Å². The Kier molecular flexibility index (Phi) is 6.67. The quantitative estimate of drug-likeness (QED) is 0.612. The number of hydrogen-bond donors (Lipinski definition) is 3. The Balaban J connectivity index is 1.71. The van der Waals surface area contributed by atoms with E-state index in [1.165, 1.54) is 12.1 Å². The monoisotopic (exact) mass is 361 g/mol. The van der Waals surface area contributed by atoms with Gasteiger partial charge >= 0.3 is 0 Å². The van der Waals surface area contributed by atoms with E-state index in [1.807, 2.05) is 35.2 Å². The van der Waals surface area contributed by atoms with E-state index in [1.54, 1.807) is 18.2 Å². The van der Waals surface area contributed by atoms with Crippen molar-refractivity contribution in [2.45, 2.75) is 24.3 Å². The lowest BCUT2D eigenvalue weighted by atomic mass is 10.2. The van der Waals surface area contributed by atoms with Gasteiger partial charge in [0.15, 0.2) is 0 Å². The maximum atomic E-state index is 11.9. The van der Waals surface area contributed by atoms with E-state index in [2.05, 4.69) is 10.7 Å². The number of nitrogens with one attached hydrogen (secondary N) is 3. The van der Waals surface area contributed by atoms with Gasteiger partial charge in [0.25, 0.3) is 10.0 Å². The van der Waals surface area contributed by atoms with Crippen molar-refractivity contribution in [1.82, 2.24) is 15.6 Å². The van der Waals surface area contributed by atoms with Crippen molar-refractivity contribution in [3.63, 3.8) is 0 Å². The fourth-order valence-corrected chi connectivity index (χ4v) is 2.84. The van der Waals surface area contributed by atoms with E-state index in [0.29, 0.717) is 6.54 Å². The van der Waals surface area contributed by atoms with E-state index in [-0.39, 0.29) is 23.6 Å². The Labute approximate surface area is 146 Å². The molecule has 2 amide bonds. The average Bonchev–Trinajstić information content (AvgIpc) is 2.64. The number of hydrazine groups is 1. The van der Waals surface area contributed by atoms with Gasteiger partial charge in [-0.15, -0.1) is 4.83 Å². The Morgan fingerprint density at radius 2 is 1.36 bits per heavy atom. The van der Waals surface area contributed by atoms with Gasteiger partial charge < -0.3 is 5.32 Å². The standard InChI is InChI=1S/C17H19N3O4S/c21-16(18-13-14-7-3-1-4-8-14)11-12-17(22)19-20-25(23,24)15-9-5-2-6-10-15/h1-10,20H,11-13H2,(H,18,21)(H,19,22). The summed E-state index contributed by atoms with van der Waals surface area (Å²) in [6.45, 7) is 0.377. The molecule has 0 aromatic heterocycles. The number of hydrogen-bond acceptors (Lipinski definition) is 4. The zero-order valence-electron chi connectivity index (χ0n) is 13.4. The first kappa shape index (κ1) is 18.6. The molecular formula is C17H19N3O4S. The van der Waals surface area contributed by atoms with Crippen molar-refractivity contribution in [2.24, 2.45) is 0 Å². The van der Waals surface area contributed by atoms with Crippen molar-refractivity contribution in [1.29, 1.82) is 0 Å². The SMILES string of the molecule is O=C(CCC(=O)NNS(=O)(=O)c1ccccc1)NCc1ccccc1. The van der Waals surface area contributed by atoms with Gasteiger partial charge in [-0.1, -0.05) is 48.5 Å². The molecule has 2 rings (SSSR count). The van der Waals surface area contributed by atoms with Crippen molar-refractivity contribution in [3.05, 3.63) is 66.2 Å². The lowest BCUT2D eigenvalue weighted by molar-refractivity contribution is -0.126. The first-order valence-electron chi connectivity index (χ1n) is 7.64. The molecule has 0 heterocycles. The van der Waals surface area contributed by atoms with Gasteiger partial charge in [-0.05, 0) is 17.7 Å². The van der Waals surface area contributed by atoms with Gasteiger partial charge in [0.2, 0.25) is 11.8 Å². The summed E-state index contributed by atoms with van der Waals surface area (Å²) in [4.78, 5) is 25.4. The maximum absolute atomic E-state index is 11.9. The highest BCUT2D eigenvalue weighted by atomic mass is 32.2. The van der Waals surface area contributed by atoms with E-state index < -0.39 is 15.9 Å². The zero-order chi connectivity index (χ0) is 18.1. The van der Waals surface area contributed by atoms with E-state index >= 15 is 0 Å². The number of benzene rings is 2. The average molecular weight is 361 g/mol. The first-order chi connectivity index (χ1) is 12.0. The van der Waals surface area contributed by atoms with Crippen LogP contribution in [0.3, 0.4) is 0 Å². The smallest absolute Gasteiger partial charge is 0.257 e. The largest absolute Gasteiger partial charge is 0.352 e. The molecule has 0 saturated heterocycles. The molecule has 0 spiro atoms. The Hall–Kier alpha value is -2.71. The molecule has 0 aliphatic carbocycles. The molecule has 0 atom stereocenters. The fraction of sp³-hybridized carbons (Fsp3) is 0.176. The normalized spacial score (nSPS) is 10.9. The van der Waals surface area contributed by atoms with Gasteiger partial charge in [0.05, 0.1) is 4.90 Å². The minimum atomic E-state index is -3.82. The summed E-state index contributed by atoms with van der Waals surface area (Å²) in [5.41, 5.74) is 3.05. The molecule has 7 nitrogen and oxygen atoms in total. The van der Waals surface area contributed by atoms with Crippen LogP contribution >= 0.6 is 0 Å². The number of carbonyl (C=O) groups excluding carboxylic acids is 2. The van der Waals surface area contributed by atoms with Gasteiger partial charge in [-0.25, -0.2) is 8.42 Å². The Bertz CT molecular complexity index is 808. The molecule has 3 N–H and O–H groups in total. The third-order valence-electron chi connectivity index (χ3n) is 3.29. The van der Waals surface area contributed by atoms with Crippen molar-refractivity contribution in [2.75, 3.05) is 0 Å². The second kappa shape index (κ2) is 8.95. The summed E-state index contributed by atoms with van der Waals surface area (Å²) >= 11 is 0. The predicted octanol–water partition coefficient (Wildman–Crippen LogP) is 1.09. The summed E-state index contributed by atoms with van der Waals surface area (Å²) in [6.07, 6.45) is -0.163. The molecule has 0 unspecified atom stereocenters. The van der Waals surface area contributed by atoms with Gasteiger partial charge in [-0.3, -0.25) is 15.0 Å². The lowest BCUT2D eigenvalue weighted by Gasteiger charge is -2.08. The highest BCUT2D eigenvalue weighted by Crippen LogP contribution is 2.06. The zero-order valence-corrected chi connectivity index (χ0v) is 14.3. The maximum Gasteiger partial charge on any atom is 0.257 e. The van der Waals surface area contributed by atoms with Crippen LogP contribution in [0.1, 0.15) is 18.4 Å². The molecule has 0 radical (unpaired) electrons. The summed E-state index contributed by atoms with van der Waals surface area (Å²) in [5.74, 6) is -0.876. The van der Waals surface area contributed by atoms with Crippen LogP contribution in [-0.4, -0.2) is 20.2 Å². The van der Waals surface area contributed by atoms with Crippen molar-refractivity contribution in [3.8, 4) is 0 Å². The van der Waals surface area contributed by atoms with Gasteiger partial charge in [-0.2, -0.15) is 0 Å². The molecule has 0 fully saturated rings. The minimum absolute atomic E-state index is 0.0360. The molecular weight excluding hydrogens is 342 g/mol. The lowest BCUT2D eigenvalue weighted by Crippen LogP contribution is -2.41. The van der Waals surface area contributed by atoms with Gasteiger partial charge in [0.1, 0.15) is 0 Å². The molecule has 0 aliphatic heterocycles. The highest BCUT2D eigenvalue weighted by Gasteiger charge is 2.14. The fourth-order valence-electron chi connectivity index (χ4n) is 1.96. The minimum Gasteiger partial charge on any atom is -0.352 e. The van der Waals surface area contributed by atoms with Crippen LogP contribution in [0.2, 0.25) is 0 Å². The van der Waals surface area contributed by atoms with Crippen LogP contribution < -0.4 is 15.6 Å². The topological polar surface area (TPSA) is 104 Å². The van der Waals surface area contributed by atoms with Crippen molar-refractivity contribution >= 4 is 21.8 Å². The van der Waals surface area contributed by atoms with E-state index in [4.69, 9.17) is 0 Å². The molecule has 132 valence electrons. The van der Waals surface area contributed by atoms with E-state index in [9.17, 15) is 18.0 Å². The van der Waals surface area contributed by atoms with Crippen LogP contribution in [0, 0.1) is 0 Å². The molecule has 8 heteroatoms. The van der Waals surface area contributed by atoms with Crippen LogP contribution in [-0.2, 0) is 26.2 Å². The second-order valence-electron chi connectivity index (χ2n) is 5.23. The molecule has 0 bridgehead atoms. The number of carbonyl (C=O) groups is 2. The number of sulfonamides is 1. The molecule has 2 aromatic rings. The third-order valence-corrected chi connectivity index (χ3v) is 4.55. The number of amides is 2. The van der Waals surface area contributed by atoms with Crippen LogP contribution in [0.15, 0.2) is 65.6 Å². The second-order valence-corrected chi connectivity index (χ2v) is 6.91. The number of rotatable bonds is 8. The highest BCUT2D eigenvalue weighted by molar-refractivity contribution is 7.89. The van der Waals surface area contributed by atoms with Crippen molar-refractivity contribution < 1.29 is 18.0 Å². The Morgan fingerprint density at radius 1 is 0.800 bits per heavy atom. The summed E-state index contributed by atoms with van der Waals surface area (Å²) < 4.78 is 23.9. The predicted molar refractivity (Wildman–Crippen MR) is 92.4 cm³/mol. The molecule has 0 saturated carbocycles. The third kappa shape index (κ3) is 6.36. The van der Waals surface area contributed by atoms with E-state index in [0.717, 1.165) is 5.56 Å². The van der Waals surface area contributed by atoms with Crippen LogP contribution in [0.5, 0.6) is 0 Å². The summed E-state index contributed by atoms with van der Waals surface area (Å²) in [7, 11) is -3.82. The van der Waals surface area contributed by atoms with Crippen LogP contribution in [0.25, 0.3) is 0 Å². The molecule has 2 aromatic carbocycles. The summed E-state index contributed by atoms with van der Waals surface area (Å²) in [5, 5.41) is 2.69. The Morgan fingerprint density at radius 3 is 2.00 bits per heavy atom. The van der Waals surface area contributed by atoms with Gasteiger partial charge in [0, 0.05) is 19.4 Å². The first-order valence-corrected chi connectivity index (χ1v) is 9.12. The molecule has 0 aliphatic rings. The molecule has 25 heavy (non-hydrogen) atoms. The summed E-state index contributed by atoms with van der Waals surface area (Å²) in [6, 6.07) is 17.0.